The molecule has 0 radical (unpaired) electrons. The minimum atomic E-state index is -0.473. The molecular weight excluding hydrogens is 233 g/mol. The SMILES string of the molecule is CN1CCN(c2ccc(F)cc2)C(CC#N)C1=O. The van der Waals surface area contributed by atoms with Gasteiger partial charge >= 0.3 is 0 Å². The number of likely N-dealkylation sites (N-methyl/N-ethyl adjacent to an activating group) is 1. The molecule has 1 saturated heterocycles. The number of hydrogen-bond acceptors (Lipinski definition) is 3. The van der Waals surface area contributed by atoms with Gasteiger partial charge in [-0.2, -0.15) is 5.26 Å². The highest BCUT2D eigenvalue weighted by Gasteiger charge is 2.32. The summed E-state index contributed by atoms with van der Waals surface area (Å²) in [4.78, 5) is 15.5. The lowest BCUT2D eigenvalue weighted by Crippen LogP contribution is -2.55. The van der Waals surface area contributed by atoms with Crippen LogP contribution in [-0.4, -0.2) is 37.0 Å². The monoisotopic (exact) mass is 247 g/mol. The number of carbonyl (C=O) groups excluding carboxylic acids is 1. The number of anilines is 1. The Balaban J connectivity index is 2.27. The molecule has 18 heavy (non-hydrogen) atoms. The molecule has 1 heterocycles. The van der Waals surface area contributed by atoms with Gasteiger partial charge in [0.05, 0.1) is 12.5 Å². The first-order valence-electron chi connectivity index (χ1n) is 5.77. The molecule has 2 rings (SSSR count). The molecule has 1 aliphatic rings. The van der Waals surface area contributed by atoms with Crippen LogP contribution in [0.15, 0.2) is 24.3 Å². The van der Waals surface area contributed by atoms with E-state index < -0.39 is 6.04 Å². The number of nitrogens with zero attached hydrogens (tertiary/aromatic N) is 3. The van der Waals surface area contributed by atoms with Crippen molar-refractivity contribution in [3.63, 3.8) is 0 Å². The van der Waals surface area contributed by atoms with Crippen molar-refractivity contribution in [3.05, 3.63) is 30.1 Å². The van der Waals surface area contributed by atoms with Crippen molar-refractivity contribution in [2.24, 2.45) is 0 Å². The van der Waals surface area contributed by atoms with Crippen molar-refractivity contribution in [2.45, 2.75) is 12.5 Å². The van der Waals surface area contributed by atoms with E-state index in [0.29, 0.717) is 13.1 Å². The molecule has 1 aromatic carbocycles. The fourth-order valence-electron chi connectivity index (χ4n) is 2.14. The molecule has 1 unspecified atom stereocenters. The zero-order chi connectivity index (χ0) is 13.1. The van der Waals surface area contributed by atoms with Crippen LogP contribution in [0.1, 0.15) is 6.42 Å². The van der Waals surface area contributed by atoms with Crippen molar-refractivity contribution < 1.29 is 9.18 Å². The Morgan fingerprint density at radius 2 is 2.06 bits per heavy atom. The van der Waals surface area contributed by atoms with E-state index in [1.54, 1.807) is 24.1 Å². The molecule has 94 valence electrons. The van der Waals surface area contributed by atoms with Crippen LogP contribution >= 0.6 is 0 Å². The molecule has 0 bridgehead atoms. The summed E-state index contributed by atoms with van der Waals surface area (Å²) in [5.41, 5.74) is 0.776. The molecule has 1 aliphatic heterocycles. The number of halogens is 1. The third kappa shape index (κ3) is 2.28. The van der Waals surface area contributed by atoms with Crippen LogP contribution < -0.4 is 4.90 Å². The Kier molecular flexibility index (Phi) is 3.47. The molecule has 0 N–H and O–H groups in total. The standard InChI is InChI=1S/C13H14FN3O/c1-16-8-9-17(12(6-7-15)13(16)18)11-4-2-10(14)3-5-11/h2-5,12H,6,8-9H2,1H3. The minimum absolute atomic E-state index is 0.0628. The van der Waals surface area contributed by atoms with E-state index in [0.717, 1.165) is 5.69 Å². The van der Waals surface area contributed by atoms with E-state index >= 15 is 0 Å². The number of benzene rings is 1. The van der Waals surface area contributed by atoms with Crippen molar-refractivity contribution in [1.29, 1.82) is 5.26 Å². The van der Waals surface area contributed by atoms with E-state index in [4.69, 9.17) is 5.26 Å². The molecule has 0 spiro atoms. The van der Waals surface area contributed by atoms with Crippen LogP contribution in [0.2, 0.25) is 0 Å². The van der Waals surface area contributed by atoms with E-state index in [9.17, 15) is 9.18 Å². The van der Waals surface area contributed by atoms with Crippen molar-refractivity contribution in [3.8, 4) is 6.07 Å². The molecular formula is C13H14FN3O. The maximum atomic E-state index is 12.9. The van der Waals surface area contributed by atoms with Gasteiger partial charge in [0.2, 0.25) is 5.91 Å². The van der Waals surface area contributed by atoms with Crippen molar-refractivity contribution in [2.75, 3.05) is 25.0 Å². The van der Waals surface area contributed by atoms with Crippen molar-refractivity contribution in [1.82, 2.24) is 4.90 Å². The predicted molar refractivity (Wildman–Crippen MR) is 65.4 cm³/mol. The van der Waals surface area contributed by atoms with Gasteiger partial charge in [0.25, 0.3) is 0 Å². The fraction of sp³-hybridized carbons (Fsp3) is 0.385. The summed E-state index contributed by atoms with van der Waals surface area (Å²) in [6, 6.07) is 7.56. The molecule has 4 nitrogen and oxygen atoms in total. The number of carbonyl (C=O) groups is 1. The Labute approximate surface area is 105 Å². The highest BCUT2D eigenvalue weighted by atomic mass is 19.1. The molecule has 1 fully saturated rings. The van der Waals surface area contributed by atoms with Crippen LogP contribution in [0.3, 0.4) is 0 Å². The van der Waals surface area contributed by atoms with Gasteiger partial charge in [-0.25, -0.2) is 4.39 Å². The van der Waals surface area contributed by atoms with Gasteiger partial charge < -0.3 is 9.80 Å². The van der Waals surface area contributed by atoms with Crippen LogP contribution in [0.4, 0.5) is 10.1 Å². The smallest absolute Gasteiger partial charge is 0.246 e. The van der Waals surface area contributed by atoms with Crippen molar-refractivity contribution >= 4 is 11.6 Å². The normalized spacial score (nSPS) is 19.8. The van der Waals surface area contributed by atoms with Crippen LogP contribution in [0, 0.1) is 17.1 Å². The summed E-state index contributed by atoms with van der Waals surface area (Å²) < 4.78 is 12.9. The quantitative estimate of drug-likeness (QED) is 0.793. The van der Waals surface area contributed by atoms with E-state index in [1.807, 2.05) is 11.0 Å². The summed E-state index contributed by atoms with van der Waals surface area (Å²) in [5, 5.41) is 8.82. The average molecular weight is 247 g/mol. The van der Waals surface area contributed by atoms with Crippen LogP contribution in [0.5, 0.6) is 0 Å². The second-order valence-electron chi connectivity index (χ2n) is 4.31. The van der Waals surface area contributed by atoms with Gasteiger partial charge in [0, 0.05) is 25.8 Å². The van der Waals surface area contributed by atoms with E-state index in [-0.39, 0.29) is 18.1 Å². The van der Waals surface area contributed by atoms with Gasteiger partial charge in [-0.05, 0) is 24.3 Å². The van der Waals surface area contributed by atoms with Crippen LogP contribution in [0.25, 0.3) is 0 Å². The summed E-state index contributed by atoms with van der Waals surface area (Å²) >= 11 is 0. The zero-order valence-corrected chi connectivity index (χ0v) is 10.1. The average Bonchev–Trinajstić information content (AvgIpc) is 2.37. The summed E-state index contributed by atoms with van der Waals surface area (Å²) in [6.07, 6.45) is 0.139. The predicted octanol–water partition coefficient (Wildman–Crippen LogP) is 1.39. The molecule has 1 amide bonds. The Morgan fingerprint density at radius 3 is 2.67 bits per heavy atom. The lowest BCUT2D eigenvalue weighted by atomic mass is 10.1. The highest BCUT2D eigenvalue weighted by Crippen LogP contribution is 2.22. The summed E-state index contributed by atoms with van der Waals surface area (Å²) in [6.45, 7) is 1.26. The lowest BCUT2D eigenvalue weighted by Gasteiger charge is -2.39. The highest BCUT2D eigenvalue weighted by molar-refractivity contribution is 5.86. The molecule has 5 heteroatoms. The third-order valence-electron chi connectivity index (χ3n) is 3.16. The topological polar surface area (TPSA) is 47.3 Å². The Morgan fingerprint density at radius 1 is 1.39 bits per heavy atom. The number of rotatable bonds is 2. The van der Waals surface area contributed by atoms with Crippen LogP contribution in [-0.2, 0) is 4.79 Å². The second-order valence-corrected chi connectivity index (χ2v) is 4.31. The first-order chi connectivity index (χ1) is 8.63. The molecule has 0 saturated carbocycles. The Bertz CT molecular complexity index is 480. The minimum Gasteiger partial charge on any atom is -0.357 e. The zero-order valence-electron chi connectivity index (χ0n) is 10.1. The van der Waals surface area contributed by atoms with Gasteiger partial charge in [-0.15, -0.1) is 0 Å². The maximum Gasteiger partial charge on any atom is 0.246 e. The number of hydrogen-bond donors (Lipinski definition) is 0. The largest absolute Gasteiger partial charge is 0.357 e. The first-order valence-corrected chi connectivity index (χ1v) is 5.77. The Hall–Kier alpha value is -2.09. The molecule has 0 aliphatic carbocycles. The van der Waals surface area contributed by atoms with E-state index in [2.05, 4.69) is 0 Å². The first kappa shape index (κ1) is 12.4. The van der Waals surface area contributed by atoms with Gasteiger partial charge in [-0.3, -0.25) is 4.79 Å². The summed E-state index contributed by atoms with van der Waals surface area (Å²) in [5.74, 6) is -0.372. The molecule has 1 aromatic rings. The fourth-order valence-corrected chi connectivity index (χ4v) is 2.14. The molecule has 1 atom stereocenters. The molecule has 0 aromatic heterocycles. The third-order valence-corrected chi connectivity index (χ3v) is 3.16. The number of amides is 1. The van der Waals surface area contributed by atoms with E-state index in [1.165, 1.54) is 12.1 Å². The van der Waals surface area contributed by atoms with Gasteiger partial charge in [0.1, 0.15) is 11.9 Å². The second kappa shape index (κ2) is 5.05. The van der Waals surface area contributed by atoms with Gasteiger partial charge in [0.15, 0.2) is 0 Å². The number of piperazine rings is 1. The maximum absolute atomic E-state index is 12.9. The van der Waals surface area contributed by atoms with Gasteiger partial charge in [-0.1, -0.05) is 0 Å². The number of nitriles is 1. The lowest BCUT2D eigenvalue weighted by molar-refractivity contribution is -0.132. The summed E-state index contributed by atoms with van der Waals surface area (Å²) in [7, 11) is 1.73.